The van der Waals surface area contributed by atoms with E-state index < -0.39 is 9.84 Å². The van der Waals surface area contributed by atoms with Crippen molar-refractivity contribution in [1.82, 2.24) is 9.97 Å². The molecule has 30 heavy (non-hydrogen) atoms. The largest absolute Gasteiger partial charge is 0.382 e. The van der Waals surface area contributed by atoms with Crippen LogP contribution in [0.25, 0.3) is 0 Å². The molecule has 0 radical (unpaired) electrons. The first-order chi connectivity index (χ1) is 14.4. The third kappa shape index (κ3) is 3.93. The average molecular weight is 444 g/mol. The molecule has 1 aromatic heterocycles. The second-order valence-electron chi connectivity index (χ2n) is 7.16. The van der Waals surface area contributed by atoms with Gasteiger partial charge in [-0.1, -0.05) is 35.9 Å². The molecule has 2 aromatic carbocycles. The van der Waals surface area contributed by atoms with Crippen LogP contribution in [0.3, 0.4) is 0 Å². The average Bonchev–Trinajstić information content (AvgIpc) is 2.74. The van der Waals surface area contributed by atoms with Crippen molar-refractivity contribution in [3.63, 3.8) is 0 Å². The fourth-order valence-electron chi connectivity index (χ4n) is 3.50. The van der Waals surface area contributed by atoms with E-state index in [1.54, 1.807) is 18.2 Å². The number of nitrogens with zero attached hydrogens (tertiary/aromatic N) is 4. The summed E-state index contributed by atoms with van der Waals surface area (Å²) in [6, 6.07) is 14.4. The summed E-state index contributed by atoms with van der Waals surface area (Å²) < 4.78 is 25.9. The number of anilines is 3. The van der Waals surface area contributed by atoms with Crippen molar-refractivity contribution in [2.24, 2.45) is 0 Å². The Kier molecular flexibility index (Phi) is 5.53. The lowest BCUT2D eigenvalue weighted by Crippen LogP contribution is -2.47. The zero-order chi connectivity index (χ0) is 21.3. The van der Waals surface area contributed by atoms with Crippen LogP contribution in [0.5, 0.6) is 0 Å². The zero-order valence-corrected chi connectivity index (χ0v) is 18.1. The molecule has 0 bridgehead atoms. The summed E-state index contributed by atoms with van der Waals surface area (Å²) in [5.74, 6) is 0.379. The number of benzene rings is 2. The third-order valence-electron chi connectivity index (χ3n) is 5.12. The first-order valence-corrected chi connectivity index (χ1v) is 11.4. The quantitative estimate of drug-likeness (QED) is 0.661. The van der Waals surface area contributed by atoms with E-state index in [1.165, 1.54) is 6.20 Å². The smallest absolute Gasteiger partial charge is 0.227 e. The van der Waals surface area contributed by atoms with Gasteiger partial charge < -0.3 is 15.5 Å². The number of nitrogens with two attached hydrogens (primary N) is 1. The maximum Gasteiger partial charge on any atom is 0.227 e. The minimum absolute atomic E-state index is 0.0463. The summed E-state index contributed by atoms with van der Waals surface area (Å²) >= 11 is 6.30. The maximum absolute atomic E-state index is 12.9. The van der Waals surface area contributed by atoms with E-state index in [-0.39, 0.29) is 15.6 Å². The number of hydrogen-bond donors (Lipinski definition) is 1. The summed E-state index contributed by atoms with van der Waals surface area (Å²) in [4.78, 5) is 12.9. The van der Waals surface area contributed by atoms with Crippen molar-refractivity contribution in [1.29, 1.82) is 0 Å². The van der Waals surface area contributed by atoms with Crippen molar-refractivity contribution in [2.75, 3.05) is 41.7 Å². The maximum atomic E-state index is 12.9. The summed E-state index contributed by atoms with van der Waals surface area (Å²) in [7, 11) is -3.78. The number of piperazine rings is 1. The highest BCUT2D eigenvalue weighted by Crippen LogP contribution is 2.28. The molecular formula is C21H22ClN5O2S. The fraction of sp³-hybridized carbons (Fsp3) is 0.238. The molecule has 0 unspecified atom stereocenters. The van der Waals surface area contributed by atoms with Gasteiger partial charge in [-0.25, -0.2) is 13.4 Å². The van der Waals surface area contributed by atoms with Gasteiger partial charge in [-0.15, -0.1) is 0 Å². The van der Waals surface area contributed by atoms with Gasteiger partial charge in [-0.05, 0) is 36.8 Å². The number of aromatic nitrogens is 2. The monoisotopic (exact) mass is 443 g/mol. The number of para-hydroxylation sites is 1. The van der Waals surface area contributed by atoms with Gasteiger partial charge in [0.15, 0.2) is 0 Å². The van der Waals surface area contributed by atoms with Crippen molar-refractivity contribution in [3.8, 4) is 0 Å². The van der Waals surface area contributed by atoms with Crippen molar-refractivity contribution >= 4 is 38.9 Å². The summed E-state index contributed by atoms with van der Waals surface area (Å²) in [6.45, 7) is 4.68. The Balaban J connectivity index is 1.52. The Morgan fingerprint density at radius 3 is 2.37 bits per heavy atom. The molecule has 1 saturated heterocycles. The van der Waals surface area contributed by atoms with Crippen molar-refractivity contribution < 1.29 is 8.42 Å². The SMILES string of the molecule is Cc1cccc(S(=O)(=O)c2cnc(N3CCN(c4ccccc4Cl)CC3)nc2N)c1. The zero-order valence-electron chi connectivity index (χ0n) is 16.5. The summed E-state index contributed by atoms with van der Waals surface area (Å²) in [6.07, 6.45) is 1.30. The Hall–Kier alpha value is -2.84. The van der Waals surface area contributed by atoms with Crippen LogP contribution < -0.4 is 15.5 Å². The second-order valence-corrected chi connectivity index (χ2v) is 9.49. The van der Waals surface area contributed by atoms with E-state index in [0.29, 0.717) is 19.0 Å². The number of rotatable bonds is 4. The Bertz CT molecular complexity index is 1180. The molecule has 0 spiro atoms. The fourth-order valence-corrected chi connectivity index (χ4v) is 5.12. The van der Waals surface area contributed by atoms with Crippen LogP contribution >= 0.6 is 11.6 Å². The molecule has 1 aliphatic rings. The molecule has 1 aliphatic heterocycles. The van der Waals surface area contributed by atoms with Gasteiger partial charge in [0.2, 0.25) is 15.8 Å². The van der Waals surface area contributed by atoms with E-state index in [2.05, 4.69) is 14.9 Å². The van der Waals surface area contributed by atoms with Crippen LogP contribution in [0, 0.1) is 6.92 Å². The normalized spacial score (nSPS) is 14.7. The summed E-state index contributed by atoms with van der Waals surface area (Å²) in [5, 5.41) is 0.720. The van der Waals surface area contributed by atoms with Crippen molar-refractivity contribution in [2.45, 2.75) is 16.7 Å². The van der Waals surface area contributed by atoms with E-state index >= 15 is 0 Å². The van der Waals surface area contributed by atoms with Gasteiger partial charge in [0.05, 0.1) is 21.8 Å². The van der Waals surface area contributed by atoms with Gasteiger partial charge in [-0.2, -0.15) is 4.98 Å². The van der Waals surface area contributed by atoms with Crippen LogP contribution in [-0.4, -0.2) is 44.6 Å². The molecule has 2 N–H and O–H groups in total. The number of aryl methyl sites for hydroxylation is 1. The topological polar surface area (TPSA) is 92.4 Å². The molecular weight excluding hydrogens is 422 g/mol. The lowest BCUT2D eigenvalue weighted by molar-refractivity contribution is 0.595. The predicted molar refractivity (Wildman–Crippen MR) is 119 cm³/mol. The van der Waals surface area contributed by atoms with E-state index in [0.717, 1.165) is 29.4 Å². The highest BCUT2D eigenvalue weighted by molar-refractivity contribution is 7.91. The van der Waals surface area contributed by atoms with Crippen LogP contribution in [0.1, 0.15) is 5.56 Å². The second kappa shape index (κ2) is 8.12. The Morgan fingerprint density at radius 1 is 1.00 bits per heavy atom. The van der Waals surface area contributed by atoms with Gasteiger partial charge in [0.1, 0.15) is 10.7 Å². The molecule has 156 valence electrons. The molecule has 9 heteroatoms. The minimum atomic E-state index is -3.78. The minimum Gasteiger partial charge on any atom is -0.382 e. The highest BCUT2D eigenvalue weighted by atomic mass is 35.5. The molecule has 0 aliphatic carbocycles. The Labute approximate surface area is 181 Å². The Morgan fingerprint density at radius 2 is 1.70 bits per heavy atom. The van der Waals surface area contributed by atoms with Crippen LogP contribution in [0.2, 0.25) is 5.02 Å². The number of hydrogen-bond acceptors (Lipinski definition) is 7. The van der Waals surface area contributed by atoms with Crippen LogP contribution in [0.4, 0.5) is 17.5 Å². The molecule has 0 atom stereocenters. The molecule has 4 rings (SSSR count). The molecule has 3 aromatic rings. The standard InChI is InChI=1S/C21H22ClN5O2S/c1-15-5-4-6-16(13-15)30(28,29)19-14-24-21(25-20(19)23)27-11-9-26(10-12-27)18-8-3-2-7-17(18)22/h2-8,13-14H,9-12H2,1H3,(H2,23,24,25). The highest BCUT2D eigenvalue weighted by Gasteiger charge is 2.25. The van der Waals surface area contributed by atoms with Gasteiger partial charge in [0, 0.05) is 26.2 Å². The first-order valence-electron chi connectivity index (χ1n) is 9.55. The lowest BCUT2D eigenvalue weighted by atomic mass is 10.2. The van der Waals surface area contributed by atoms with E-state index in [9.17, 15) is 8.42 Å². The van der Waals surface area contributed by atoms with Crippen LogP contribution in [0.15, 0.2) is 64.5 Å². The van der Waals surface area contributed by atoms with Crippen molar-refractivity contribution in [3.05, 3.63) is 65.3 Å². The molecule has 2 heterocycles. The van der Waals surface area contributed by atoms with Gasteiger partial charge in [0.25, 0.3) is 0 Å². The third-order valence-corrected chi connectivity index (χ3v) is 7.20. The van der Waals surface area contributed by atoms with Gasteiger partial charge in [-0.3, -0.25) is 0 Å². The lowest BCUT2D eigenvalue weighted by Gasteiger charge is -2.36. The van der Waals surface area contributed by atoms with Crippen LogP contribution in [-0.2, 0) is 9.84 Å². The van der Waals surface area contributed by atoms with E-state index in [1.807, 2.05) is 42.2 Å². The molecule has 7 nitrogen and oxygen atoms in total. The number of sulfone groups is 1. The number of halogens is 1. The molecule has 0 saturated carbocycles. The molecule has 0 amide bonds. The van der Waals surface area contributed by atoms with E-state index in [4.69, 9.17) is 17.3 Å². The van der Waals surface area contributed by atoms with Gasteiger partial charge >= 0.3 is 0 Å². The number of nitrogen functional groups attached to an aromatic ring is 1. The predicted octanol–water partition coefficient (Wildman–Crippen LogP) is 3.18. The first kappa shape index (κ1) is 20.4. The summed E-state index contributed by atoms with van der Waals surface area (Å²) in [5.41, 5.74) is 7.89. The molecule has 1 fully saturated rings.